The lowest BCUT2D eigenvalue weighted by atomic mass is 9.59. The smallest absolute Gasteiger partial charge is 0.137 e. The zero-order valence-corrected chi connectivity index (χ0v) is 34.8. The van der Waals surface area contributed by atoms with Gasteiger partial charge >= 0.3 is 0 Å². The minimum atomic E-state index is -0.574. The lowest BCUT2D eigenvalue weighted by molar-refractivity contribution is 0.669. The molecule has 2 aliphatic rings. The summed E-state index contributed by atoms with van der Waals surface area (Å²) in [5, 5.41) is 7.26. The Balaban J connectivity index is 1.09. The van der Waals surface area contributed by atoms with Crippen LogP contribution >= 0.6 is 11.8 Å². The summed E-state index contributed by atoms with van der Waals surface area (Å²) in [6, 6.07) is 80.5. The maximum Gasteiger partial charge on any atom is 0.137 e. The van der Waals surface area contributed by atoms with Gasteiger partial charge in [0.15, 0.2) is 0 Å². The highest BCUT2D eigenvalue weighted by Gasteiger charge is 2.48. The van der Waals surface area contributed by atoms with Crippen LogP contribution in [-0.2, 0) is 5.41 Å². The van der Waals surface area contributed by atoms with E-state index in [0.29, 0.717) is 0 Å². The quantitative estimate of drug-likeness (QED) is 0.176. The van der Waals surface area contributed by atoms with Gasteiger partial charge in [0.2, 0.25) is 0 Å². The van der Waals surface area contributed by atoms with Crippen LogP contribution in [0.15, 0.2) is 233 Å². The number of anilines is 3. The van der Waals surface area contributed by atoms with E-state index in [2.05, 4.69) is 222 Å². The summed E-state index contributed by atoms with van der Waals surface area (Å²) in [6.45, 7) is 0. The molecule has 0 N–H and O–H groups in total. The minimum Gasteiger partial charge on any atom is -0.456 e. The molecule has 3 heterocycles. The summed E-state index contributed by atoms with van der Waals surface area (Å²) in [5.74, 6) is 0. The van der Waals surface area contributed by atoms with Crippen LogP contribution in [0, 0.1) is 0 Å². The van der Waals surface area contributed by atoms with Crippen molar-refractivity contribution in [2.45, 2.75) is 15.2 Å². The Bertz CT molecular complexity index is 3810. The Labute approximate surface area is 368 Å². The monoisotopic (exact) mass is 820 g/mol. The van der Waals surface area contributed by atoms with Gasteiger partial charge in [-0.1, -0.05) is 151 Å². The van der Waals surface area contributed by atoms with E-state index in [4.69, 9.17) is 4.42 Å². The normalized spacial score (nSPS) is 13.5. The maximum absolute atomic E-state index is 6.60. The molecule has 1 spiro atoms. The van der Waals surface area contributed by atoms with Gasteiger partial charge in [-0.2, -0.15) is 0 Å². The fourth-order valence-electron chi connectivity index (χ4n) is 11.1. The molecule has 1 aliphatic carbocycles. The van der Waals surface area contributed by atoms with Gasteiger partial charge < -0.3 is 13.9 Å². The molecule has 0 bridgehead atoms. The summed E-state index contributed by atoms with van der Waals surface area (Å²) in [6.07, 6.45) is 0. The lowest BCUT2D eigenvalue weighted by Gasteiger charge is -2.46. The largest absolute Gasteiger partial charge is 0.456 e. The second kappa shape index (κ2) is 13.1. The molecule has 0 unspecified atom stereocenters. The first-order valence-corrected chi connectivity index (χ1v) is 22.4. The third kappa shape index (κ3) is 4.81. The van der Waals surface area contributed by atoms with Gasteiger partial charge in [-0.15, -0.1) is 0 Å². The van der Waals surface area contributed by atoms with Gasteiger partial charge in [0.25, 0.3) is 0 Å². The summed E-state index contributed by atoms with van der Waals surface area (Å²) in [4.78, 5) is 5.01. The standard InChI is InChI=1S/C59H36N2OS/c1-2-16-38(17-3-1)61-52-24-8-4-18-43(52)44-32-29-40(35-53(44)61)60(41-30-33-46-45-19-5-9-25-54(45)62-55(46)36-41)39-28-31-42-47-20-12-14-37-15-13-23-50(58(37)47)59(51(42)34-39)48-21-6-10-26-56(48)63-57-27-11-7-22-49(57)59/h1-36H. The molecule has 0 saturated heterocycles. The van der Waals surface area contributed by atoms with E-state index < -0.39 is 5.41 Å². The molecule has 1 aliphatic heterocycles. The van der Waals surface area contributed by atoms with Crippen molar-refractivity contribution in [3.05, 3.63) is 241 Å². The third-order valence-electron chi connectivity index (χ3n) is 13.6. The molecule has 14 rings (SSSR count). The van der Waals surface area contributed by atoms with E-state index in [1.54, 1.807) is 0 Å². The molecule has 0 radical (unpaired) electrons. The van der Waals surface area contributed by atoms with Gasteiger partial charge in [-0.05, 0) is 117 Å². The molecule has 63 heavy (non-hydrogen) atoms. The highest BCUT2D eigenvalue weighted by molar-refractivity contribution is 7.99. The van der Waals surface area contributed by atoms with Crippen LogP contribution in [0.2, 0.25) is 0 Å². The van der Waals surface area contributed by atoms with Gasteiger partial charge in [-0.3, -0.25) is 0 Å². The van der Waals surface area contributed by atoms with Crippen LogP contribution in [0.4, 0.5) is 17.1 Å². The number of benzene rings is 10. The van der Waals surface area contributed by atoms with E-state index in [0.717, 1.165) is 50.2 Å². The predicted molar refractivity (Wildman–Crippen MR) is 262 cm³/mol. The summed E-state index contributed by atoms with van der Waals surface area (Å²) in [5.41, 5.74) is 15.6. The molecule has 0 fully saturated rings. The molecule has 0 amide bonds. The van der Waals surface area contributed by atoms with Gasteiger partial charge in [0.1, 0.15) is 11.2 Å². The minimum absolute atomic E-state index is 0.574. The first kappa shape index (κ1) is 34.9. The van der Waals surface area contributed by atoms with Crippen LogP contribution in [-0.4, -0.2) is 4.57 Å². The molecular weight excluding hydrogens is 785 g/mol. The number of furan rings is 1. The van der Waals surface area contributed by atoms with Crippen LogP contribution in [0.25, 0.3) is 71.3 Å². The summed E-state index contributed by atoms with van der Waals surface area (Å²) < 4.78 is 9.00. The highest BCUT2D eigenvalue weighted by atomic mass is 32.2. The van der Waals surface area contributed by atoms with Crippen LogP contribution in [0.1, 0.15) is 22.3 Å². The van der Waals surface area contributed by atoms with Gasteiger partial charge in [-0.25, -0.2) is 0 Å². The first-order valence-electron chi connectivity index (χ1n) is 21.6. The number of nitrogens with zero attached hydrogens (tertiary/aromatic N) is 2. The van der Waals surface area contributed by atoms with E-state index >= 15 is 0 Å². The van der Waals surface area contributed by atoms with E-state index in [1.807, 2.05) is 17.8 Å². The number of fused-ring (bicyclic) bond motifs is 14. The Morgan fingerprint density at radius 3 is 1.83 bits per heavy atom. The molecule has 3 nitrogen and oxygen atoms in total. The number of hydrogen-bond donors (Lipinski definition) is 0. The van der Waals surface area contributed by atoms with Crippen molar-refractivity contribution in [3.8, 4) is 16.8 Å². The highest BCUT2D eigenvalue weighted by Crippen LogP contribution is 2.62. The zero-order valence-electron chi connectivity index (χ0n) is 34.0. The predicted octanol–water partition coefficient (Wildman–Crippen LogP) is 16.1. The number of hydrogen-bond acceptors (Lipinski definition) is 3. The fraction of sp³-hybridized carbons (Fsp3) is 0.0169. The summed E-state index contributed by atoms with van der Waals surface area (Å²) >= 11 is 1.88. The van der Waals surface area contributed by atoms with Crippen molar-refractivity contribution in [2.24, 2.45) is 0 Å². The molecule has 2 aromatic heterocycles. The Morgan fingerprint density at radius 2 is 1.00 bits per heavy atom. The SMILES string of the molecule is c1ccc(-n2c3ccccc3c3ccc(N(c4ccc5c(c4)C4(c6ccccc6Sc6ccccc64)c4cccc6cccc-5c46)c4ccc5c(c4)oc4ccccc45)cc32)cc1. The number of rotatable bonds is 4. The molecule has 12 aromatic rings. The van der Waals surface area contributed by atoms with Gasteiger partial charge in [0, 0.05) is 60.2 Å². The van der Waals surface area contributed by atoms with Crippen molar-refractivity contribution >= 4 is 83.3 Å². The molecule has 0 saturated carbocycles. The first-order chi connectivity index (χ1) is 31.2. The second-order valence-electron chi connectivity index (χ2n) is 16.8. The lowest BCUT2D eigenvalue weighted by Crippen LogP contribution is -2.36. The van der Waals surface area contributed by atoms with Crippen molar-refractivity contribution in [1.82, 2.24) is 4.57 Å². The maximum atomic E-state index is 6.60. The molecule has 4 heteroatoms. The number of para-hydroxylation sites is 3. The number of aromatic nitrogens is 1. The van der Waals surface area contributed by atoms with Crippen molar-refractivity contribution < 1.29 is 4.42 Å². The van der Waals surface area contributed by atoms with E-state index in [9.17, 15) is 0 Å². The Hall–Kier alpha value is -7.79. The Kier molecular flexibility index (Phi) is 7.26. The van der Waals surface area contributed by atoms with Crippen molar-refractivity contribution in [1.29, 1.82) is 0 Å². The average molecular weight is 821 g/mol. The average Bonchev–Trinajstić information content (AvgIpc) is 3.88. The van der Waals surface area contributed by atoms with Crippen molar-refractivity contribution in [3.63, 3.8) is 0 Å². The molecule has 294 valence electrons. The fourth-order valence-corrected chi connectivity index (χ4v) is 12.3. The van der Waals surface area contributed by atoms with E-state index in [1.165, 1.54) is 70.2 Å². The topological polar surface area (TPSA) is 21.3 Å². The van der Waals surface area contributed by atoms with Crippen LogP contribution < -0.4 is 4.90 Å². The molecule has 10 aromatic carbocycles. The zero-order chi connectivity index (χ0) is 41.2. The molecular formula is C59H36N2OS. The molecule has 0 atom stereocenters. The van der Waals surface area contributed by atoms with Crippen molar-refractivity contribution in [2.75, 3.05) is 4.90 Å². The van der Waals surface area contributed by atoms with E-state index in [-0.39, 0.29) is 0 Å². The second-order valence-corrected chi connectivity index (χ2v) is 17.9. The van der Waals surface area contributed by atoms with Gasteiger partial charge in [0.05, 0.1) is 16.4 Å². The van der Waals surface area contributed by atoms with Crippen LogP contribution in [0.5, 0.6) is 0 Å². The third-order valence-corrected chi connectivity index (χ3v) is 14.8. The Morgan fingerprint density at radius 1 is 0.397 bits per heavy atom. The van der Waals surface area contributed by atoms with Crippen LogP contribution in [0.3, 0.4) is 0 Å². The summed E-state index contributed by atoms with van der Waals surface area (Å²) in [7, 11) is 0.